The van der Waals surface area contributed by atoms with Crippen molar-refractivity contribution in [1.82, 2.24) is 0 Å². The topological polar surface area (TPSA) is 20.2 Å². The van der Waals surface area contributed by atoms with Crippen molar-refractivity contribution in [3.8, 4) is 5.75 Å². The molecule has 0 aliphatic heterocycles. The van der Waals surface area contributed by atoms with E-state index in [1.54, 1.807) is 12.1 Å². The molecule has 1 aromatic rings. The minimum Gasteiger partial charge on any atom is -0.508 e. The van der Waals surface area contributed by atoms with Crippen LogP contribution in [-0.4, -0.2) is 5.11 Å². The Morgan fingerprint density at radius 2 is 1.69 bits per heavy atom. The first kappa shape index (κ1) is 13.1. The third kappa shape index (κ3) is 5.20. The molecule has 0 saturated carbocycles. The van der Waals surface area contributed by atoms with Crippen molar-refractivity contribution in [3.05, 3.63) is 29.8 Å². The molecule has 1 unspecified atom stereocenters. The van der Waals surface area contributed by atoms with Gasteiger partial charge < -0.3 is 5.11 Å². The van der Waals surface area contributed by atoms with E-state index in [9.17, 15) is 5.11 Å². The minimum absolute atomic E-state index is 0.353. The first-order chi connectivity index (χ1) is 7.37. The molecule has 0 spiro atoms. The lowest BCUT2D eigenvalue weighted by Crippen LogP contribution is -2.09. The van der Waals surface area contributed by atoms with Gasteiger partial charge in [0.1, 0.15) is 5.75 Å². The van der Waals surface area contributed by atoms with E-state index in [-0.39, 0.29) is 0 Å². The highest BCUT2D eigenvalue weighted by molar-refractivity contribution is 5.26. The Hall–Kier alpha value is -0.980. The number of phenols is 1. The van der Waals surface area contributed by atoms with Gasteiger partial charge in [-0.15, -0.1) is 0 Å². The summed E-state index contributed by atoms with van der Waals surface area (Å²) in [6.45, 7) is 9.18. The van der Waals surface area contributed by atoms with Gasteiger partial charge in [-0.25, -0.2) is 0 Å². The minimum atomic E-state index is 0.353. The van der Waals surface area contributed by atoms with Crippen molar-refractivity contribution < 1.29 is 5.11 Å². The largest absolute Gasteiger partial charge is 0.508 e. The van der Waals surface area contributed by atoms with Crippen LogP contribution in [0.1, 0.15) is 46.1 Å². The maximum absolute atomic E-state index is 9.20. The van der Waals surface area contributed by atoms with Crippen LogP contribution in [0.5, 0.6) is 5.75 Å². The Bertz CT molecular complexity index is 305. The SMILES string of the molecule is CC(CCC(C)(C)C)Cc1ccc(O)cc1. The third-order valence-electron chi connectivity index (χ3n) is 2.91. The van der Waals surface area contributed by atoms with Crippen molar-refractivity contribution in [1.29, 1.82) is 0 Å². The normalized spacial score (nSPS) is 13.8. The molecule has 1 atom stereocenters. The van der Waals surface area contributed by atoms with Gasteiger partial charge in [-0.3, -0.25) is 0 Å². The fraction of sp³-hybridized carbons (Fsp3) is 0.600. The zero-order valence-electron chi connectivity index (χ0n) is 11.0. The molecule has 0 heterocycles. The summed E-state index contributed by atoms with van der Waals surface area (Å²) in [5.74, 6) is 1.06. The van der Waals surface area contributed by atoms with E-state index in [1.165, 1.54) is 18.4 Å². The number of phenolic OH excluding ortho intramolecular Hbond substituents is 1. The lowest BCUT2D eigenvalue weighted by molar-refractivity contribution is 0.329. The molecule has 0 aliphatic rings. The van der Waals surface area contributed by atoms with Crippen molar-refractivity contribution in [2.24, 2.45) is 11.3 Å². The maximum Gasteiger partial charge on any atom is 0.115 e. The molecule has 0 amide bonds. The second kappa shape index (κ2) is 5.38. The first-order valence-electron chi connectivity index (χ1n) is 6.15. The monoisotopic (exact) mass is 220 g/mol. The van der Waals surface area contributed by atoms with Crippen LogP contribution in [0.4, 0.5) is 0 Å². The van der Waals surface area contributed by atoms with E-state index in [2.05, 4.69) is 27.7 Å². The molecule has 0 aliphatic carbocycles. The van der Waals surface area contributed by atoms with Crippen LogP contribution in [0.2, 0.25) is 0 Å². The highest BCUT2D eigenvalue weighted by Crippen LogP contribution is 2.25. The third-order valence-corrected chi connectivity index (χ3v) is 2.91. The van der Waals surface area contributed by atoms with Crippen LogP contribution in [0.25, 0.3) is 0 Å². The molecule has 1 nitrogen and oxygen atoms in total. The quantitative estimate of drug-likeness (QED) is 0.797. The predicted molar refractivity (Wildman–Crippen MR) is 69.7 cm³/mol. The van der Waals surface area contributed by atoms with Gasteiger partial charge in [0, 0.05) is 0 Å². The summed E-state index contributed by atoms with van der Waals surface area (Å²) in [7, 11) is 0. The molecule has 0 fully saturated rings. The fourth-order valence-corrected chi connectivity index (χ4v) is 1.82. The molecule has 1 aromatic carbocycles. The van der Waals surface area contributed by atoms with Gasteiger partial charge in [0.2, 0.25) is 0 Å². The molecular weight excluding hydrogens is 196 g/mol. The van der Waals surface area contributed by atoms with E-state index in [4.69, 9.17) is 0 Å². The highest BCUT2D eigenvalue weighted by atomic mass is 16.3. The lowest BCUT2D eigenvalue weighted by atomic mass is 9.85. The van der Waals surface area contributed by atoms with Gasteiger partial charge in [-0.2, -0.15) is 0 Å². The summed E-state index contributed by atoms with van der Waals surface area (Å²) in [6, 6.07) is 7.57. The highest BCUT2D eigenvalue weighted by Gasteiger charge is 2.12. The van der Waals surface area contributed by atoms with Gasteiger partial charge in [-0.1, -0.05) is 39.8 Å². The second-order valence-corrected chi connectivity index (χ2v) is 6.08. The summed E-state index contributed by atoms with van der Waals surface area (Å²) >= 11 is 0. The summed E-state index contributed by atoms with van der Waals surface area (Å²) in [4.78, 5) is 0. The Labute approximate surface area is 99.5 Å². The fourth-order valence-electron chi connectivity index (χ4n) is 1.82. The van der Waals surface area contributed by atoms with Crippen LogP contribution < -0.4 is 0 Å². The Morgan fingerprint density at radius 1 is 1.12 bits per heavy atom. The number of rotatable bonds is 4. The van der Waals surface area contributed by atoms with Gasteiger partial charge in [0.15, 0.2) is 0 Å². The average molecular weight is 220 g/mol. The average Bonchev–Trinajstić information content (AvgIpc) is 2.18. The molecule has 16 heavy (non-hydrogen) atoms. The van der Waals surface area contributed by atoms with Gasteiger partial charge >= 0.3 is 0 Å². The predicted octanol–water partition coefficient (Wildman–Crippen LogP) is 4.40. The zero-order valence-corrected chi connectivity index (χ0v) is 11.0. The van der Waals surface area contributed by atoms with Gasteiger partial charge in [-0.05, 0) is 48.3 Å². The van der Waals surface area contributed by atoms with Crippen LogP contribution in [0.3, 0.4) is 0 Å². The van der Waals surface area contributed by atoms with Crippen LogP contribution in [-0.2, 0) is 6.42 Å². The molecule has 0 radical (unpaired) electrons. The van der Waals surface area contributed by atoms with Crippen LogP contribution >= 0.6 is 0 Å². The van der Waals surface area contributed by atoms with E-state index in [1.807, 2.05) is 12.1 Å². The molecule has 1 N–H and O–H groups in total. The number of hydrogen-bond donors (Lipinski definition) is 1. The van der Waals surface area contributed by atoms with Crippen molar-refractivity contribution in [2.45, 2.75) is 47.0 Å². The smallest absolute Gasteiger partial charge is 0.115 e. The van der Waals surface area contributed by atoms with Crippen molar-refractivity contribution in [2.75, 3.05) is 0 Å². The Balaban J connectivity index is 2.39. The lowest BCUT2D eigenvalue weighted by Gasteiger charge is -2.20. The molecule has 0 aromatic heterocycles. The van der Waals surface area contributed by atoms with Gasteiger partial charge in [0.25, 0.3) is 0 Å². The number of hydrogen-bond acceptors (Lipinski definition) is 1. The standard InChI is InChI=1S/C15H24O/c1-12(9-10-15(2,3)4)11-13-5-7-14(16)8-6-13/h5-8,12,16H,9-11H2,1-4H3. The van der Waals surface area contributed by atoms with Crippen LogP contribution in [0.15, 0.2) is 24.3 Å². The van der Waals surface area contributed by atoms with E-state index in [0.29, 0.717) is 17.1 Å². The molecular formula is C15H24O. The van der Waals surface area contributed by atoms with E-state index >= 15 is 0 Å². The second-order valence-electron chi connectivity index (χ2n) is 6.08. The summed E-state index contributed by atoms with van der Waals surface area (Å²) in [5, 5.41) is 9.20. The van der Waals surface area contributed by atoms with E-state index < -0.39 is 0 Å². The maximum atomic E-state index is 9.20. The molecule has 0 saturated heterocycles. The number of aromatic hydroxyl groups is 1. The van der Waals surface area contributed by atoms with Gasteiger partial charge in [0.05, 0.1) is 0 Å². The molecule has 1 rings (SSSR count). The Morgan fingerprint density at radius 3 is 2.19 bits per heavy atom. The molecule has 0 bridgehead atoms. The molecule has 90 valence electrons. The van der Waals surface area contributed by atoms with Crippen LogP contribution in [0, 0.1) is 11.3 Å². The Kier molecular flexibility index (Phi) is 4.40. The summed E-state index contributed by atoms with van der Waals surface area (Å²) in [5.41, 5.74) is 1.75. The van der Waals surface area contributed by atoms with E-state index in [0.717, 1.165) is 6.42 Å². The molecule has 1 heteroatoms. The number of benzene rings is 1. The first-order valence-corrected chi connectivity index (χ1v) is 6.15. The zero-order chi connectivity index (χ0) is 12.2. The van der Waals surface area contributed by atoms with Crippen molar-refractivity contribution >= 4 is 0 Å². The summed E-state index contributed by atoms with van der Waals surface area (Å²) in [6.07, 6.45) is 3.65. The summed E-state index contributed by atoms with van der Waals surface area (Å²) < 4.78 is 0. The van der Waals surface area contributed by atoms with Crippen molar-refractivity contribution in [3.63, 3.8) is 0 Å².